The summed E-state index contributed by atoms with van der Waals surface area (Å²) in [5, 5.41) is 5.47. The number of benzene rings is 2. The standard InChI is InChI=1S/C19H15.C3H6.2ClH.Zr/c1-13-9-10-15(11-13)17-7-4-8-18-16-6-3-2-5-14(16)12-19(17)18;1-3-2;;;/h2-9,11-12H,10H2,1H3;1-2H3;2*1H;/q-1;;;;+2/p-2. The van der Waals surface area contributed by atoms with Gasteiger partial charge in [-0.25, -0.2) is 0 Å². The van der Waals surface area contributed by atoms with E-state index in [0.29, 0.717) is 0 Å². The van der Waals surface area contributed by atoms with E-state index in [0.717, 1.165) is 6.42 Å². The Morgan fingerprint density at radius 1 is 0.960 bits per heavy atom. The Morgan fingerprint density at radius 2 is 1.60 bits per heavy atom. The van der Waals surface area contributed by atoms with Gasteiger partial charge >= 0.3 is 41.3 Å². The van der Waals surface area contributed by atoms with Crippen LogP contribution < -0.4 is 24.8 Å². The molecule has 4 rings (SSSR count). The second-order valence-electron chi connectivity index (χ2n) is 6.32. The average molecular weight is 448 g/mol. The van der Waals surface area contributed by atoms with E-state index in [2.05, 4.69) is 81.5 Å². The van der Waals surface area contributed by atoms with Crippen molar-refractivity contribution in [2.75, 3.05) is 0 Å². The van der Waals surface area contributed by atoms with Crippen LogP contribution in [0.15, 0.2) is 66.3 Å². The first kappa shape index (κ1) is 22.2. The Bertz CT molecular complexity index is 941. The smallest absolute Gasteiger partial charge is 1.00 e. The molecule has 3 aromatic rings. The van der Waals surface area contributed by atoms with Crippen LogP contribution in [0, 0.1) is 0 Å². The summed E-state index contributed by atoms with van der Waals surface area (Å²) < 4.78 is 1.51. The maximum atomic E-state index is 2.33. The molecular formula is C22H21Cl2Zr-. The molecule has 3 heteroatoms. The Labute approximate surface area is 177 Å². The molecule has 0 amide bonds. The normalized spacial score (nSPS) is 12.5. The topological polar surface area (TPSA) is 0 Å². The molecule has 0 unspecified atom stereocenters. The van der Waals surface area contributed by atoms with Crippen molar-refractivity contribution in [1.29, 1.82) is 0 Å². The molecule has 128 valence electrons. The molecule has 0 atom stereocenters. The minimum atomic E-state index is 0. The molecule has 0 spiro atoms. The van der Waals surface area contributed by atoms with E-state index >= 15 is 0 Å². The zero-order valence-electron chi connectivity index (χ0n) is 14.7. The van der Waals surface area contributed by atoms with Crippen LogP contribution >= 0.6 is 0 Å². The zero-order valence-corrected chi connectivity index (χ0v) is 18.7. The van der Waals surface area contributed by atoms with Crippen LogP contribution in [0.3, 0.4) is 0 Å². The third-order valence-electron chi connectivity index (χ3n) is 4.05. The van der Waals surface area contributed by atoms with Crippen molar-refractivity contribution in [2.24, 2.45) is 0 Å². The van der Waals surface area contributed by atoms with Crippen LogP contribution in [-0.2, 0) is 24.2 Å². The number of rotatable bonds is 1. The minimum Gasteiger partial charge on any atom is -1.00 e. The Kier molecular flexibility index (Phi) is 8.62. The van der Waals surface area contributed by atoms with Crippen molar-refractivity contribution in [2.45, 2.75) is 27.2 Å². The first-order valence-corrected chi connectivity index (χ1v) is 9.26. The summed E-state index contributed by atoms with van der Waals surface area (Å²) in [5.74, 6) is 0. The monoisotopic (exact) mass is 445 g/mol. The molecule has 0 aromatic heterocycles. The Balaban J connectivity index is 0.000000476. The van der Waals surface area contributed by atoms with Crippen molar-refractivity contribution >= 4 is 30.3 Å². The van der Waals surface area contributed by atoms with Gasteiger partial charge in [0.15, 0.2) is 0 Å². The van der Waals surface area contributed by atoms with E-state index in [1.165, 1.54) is 41.5 Å². The summed E-state index contributed by atoms with van der Waals surface area (Å²) in [4.78, 5) is 0. The molecule has 25 heavy (non-hydrogen) atoms. The summed E-state index contributed by atoms with van der Waals surface area (Å²) in [5.41, 5.74) is 4.21. The van der Waals surface area contributed by atoms with E-state index < -0.39 is 0 Å². The Morgan fingerprint density at radius 3 is 2.24 bits per heavy atom. The summed E-state index contributed by atoms with van der Waals surface area (Å²) >= 11 is 1.55. The molecule has 0 fully saturated rings. The average Bonchev–Trinajstić information content (AvgIpc) is 3.10. The zero-order chi connectivity index (χ0) is 16.4. The number of allylic oxidation sites excluding steroid dienone is 4. The molecule has 0 N–H and O–H groups in total. The molecule has 0 saturated heterocycles. The molecule has 0 saturated carbocycles. The second-order valence-corrected chi connectivity index (χ2v) is 8.78. The van der Waals surface area contributed by atoms with Crippen molar-refractivity contribution in [3.63, 3.8) is 0 Å². The van der Waals surface area contributed by atoms with Crippen LogP contribution in [0.1, 0.15) is 32.8 Å². The van der Waals surface area contributed by atoms with E-state index in [1.54, 1.807) is 24.2 Å². The number of halogens is 2. The largest absolute Gasteiger partial charge is 1.00 e. The van der Waals surface area contributed by atoms with Gasteiger partial charge in [-0.3, -0.25) is 0 Å². The summed E-state index contributed by atoms with van der Waals surface area (Å²) in [6.07, 6.45) is 5.68. The molecule has 0 heterocycles. The van der Waals surface area contributed by atoms with Crippen molar-refractivity contribution < 1.29 is 49.0 Å². The maximum Gasteiger partial charge on any atom is -1.00 e. The van der Waals surface area contributed by atoms with Gasteiger partial charge in [-0.15, -0.1) is 33.7 Å². The fraction of sp³-hybridized carbons (Fsp3) is 0.182. The van der Waals surface area contributed by atoms with Crippen LogP contribution in [-0.4, -0.2) is 3.21 Å². The second kappa shape index (κ2) is 9.72. The SMILES string of the molecule is CC1=CCC(c2cccc3c2[cH-]c2ccccc23)=C1.C[C](C)=[Zr+2].[Cl-].[Cl-]. The van der Waals surface area contributed by atoms with Gasteiger partial charge in [-0.1, -0.05) is 65.3 Å². The fourth-order valence-corrected chi connectivity index (χ4v) is 3.11. The maximum absolute atomic E-state index is 2.33. The fourth-order valence-electron chi connectivity index (χ4n) is 3.11. The minimum absolute atomic E-state index is 0. The molecule has 3 aromatic carbocycles. The predicted octanol–water partition coefficient (Wildman–Crippen LogP) is 0.199. The van der Waals surface area contributed by atoms with E-state index in [4.69, 9.17) is 0 Å². The molecule has 0 aliphatic heterocycles. The van der Waals surface area contributed by atoms with Crippen LogP contribution in [0.5, 0.6) is 0 Å². The van der Waals surface area contributed by atoms with Crippen LogP contribution in [0.4, 0.5) is 0 Å². The van der Waals surface area contributed by atoms with Crippen LogP contribution in [0.2, 0.25) is 0 Å². The third-order valence-corrected chi connectivity index (χ3v) is 4.05. The van der Waals surface area contributed by atoms with E-state index in [-0.39, 0.29) is 24.8 Å². The summed E-state index contributed by atoms with van der Waals surface area (Å²) in [6, 6.07) is 17.6. The van der Waals surface area contributed by atoms with Gasteiger partial charge in [0.1, 0.15) is 0 Å². The summed E-state index contributed by atoms with van der Waals surface area (Å²) in [7, 11) is 0. The molecule has 1 aliphatic carbocycles. The van der Waals surface area contributed by atoms with E-state index in [1.807, 2.05) is 0 Å². The third kappa shape index (κ3) is 5.07. The first-order valence-electron chi connectivity index (χ1n) is 8.03. The van der Waals surface area contributed by atoms with Gasteiger partial charge in [-0.2, -0.15) is 0 Å². The van der Waals surface area contributed by atoms with Gasteiger partial charge in [0, 0.05) is 0 Å². The number of hydrogen-bond donors (Lipinski definition) is 0. The molecular weight excluding hydrogens is 426 g/mol. The number of hydrogen-bond acceptors (Lipinski definition) is 0. The quantitative estimate of drug-likeness (QED) is 0.468. The molecule has 0 bridgehead atoms. The first-order chi connectivity index (χ1) is 11.1. The summed E-state index contributed by atoms with van der Waals surface area (Å²) in [6.45, 7) is 6.42. The molecule has 0 nitrogen and oxygen atoms in total. The van der Waals surface area contributed by atoms with E-state index in [9.17, 15) is 0 Å². The van der Waals surface area contributed by atoms with Gasteiger partial charge in [0.25, 0.3) is 0 Å². The number of fused-ring (bicyclic) bond motifs is 3. The van der Waals surface area contributed by atoms with Gasteiger partial charge in [0.05, 0.1) is 0 Å². The Hall–Kier alpha value is -0.877. The van der Waals surface area contributed by atoms with Gasteiger partial charge < -0.3 is 24.8 Å². The molecule has 1 aliphatic rings. The van der Waals surface area contributed by atoms with Crippen molar-refractivity contribution in [3.8, 4) is 0 Å². The van der Waals surface area contributed by atoms with Gasteiger partial charge in [-0.05, 0) is 13.3 Å². The van der Waals surface area contributed by atoms with Crippen LogP contribution in [0.25, 0.3) is 27.1 Å². The predicted molar refractivity (Wildman–Crippen MR) is 99.8 cm³/mol. The van der Waals surface area contributed by atoms with Crippen molar-refractivity contribution in [1.82, 2.24) is 0 Å². The van der Waals surface area contributed by atoms with Gasteiger partial charge in [0.2, 0.25) is 0 Å². The van der Waals surface area contributed by atoms with Crippen molar-refractivity contribution in [3.05, 3.63) is 71.8 Å². The molecule has 0 radical (unpaired) electrons.